The molecule has 3 nitrogen and oxygen atoms in total. The third-order valence-electron chi connectivity index (χ3n) is 10.1. The van der Waals surface area contributed by atoms with Gasteiger partial charge in [-0.2, -0.15) is 0 Å². The number of hydrogen-bond donors (Lipinski definition) is 0. The van der Waals surface area contributed by atoms with Crippen molar-refractivity contribution in [1.29, 1.82) is 0 Å². The number of para-hydroxylation sites is 4. The van der Waals surface area contributed by atoms with Gasteiger partial charge in [-0.3, -0.25) is 0 Å². The molecule has 0 saturated heterocycles. The van der Waals surface area contributed by atoms with E-state index in [1.807, 2.05) is 12.1 Å². The molecule has 0 radical (unpaired) electrons. The molecule has 0 amide bonds. The summed E-state index contributed by atoms with van der Waals surface area (Å²) in [7, 11) is 0. The van der Waals surface area contributed by atoms with Crippen molar-refractivity contribution in [1.82, 2.24) is 4.57 Å². The minimum atomic E-state index is 0.0997. The third kappa shape index (κ3) is 4.53. The van der Waals surface area contributed by atoms with Gasteiger partial charge in [0.2, 0.25) is 0 Å². The first-order valence-corrected chi connectivity index (χ1v) is 18.4. The van der Waals surface area contributed by atoms with Crippen LogP contribution in [0, 0.1) is 0 Å². The van der Waals surface area contributed by atoms with Crippen LogP contribution in [0.4, 0.5) is 17.1 Å². The van der Waals surface area contributed by atoms with Crippen LogP contribution in [-0.4, -0.2) is 19.1 Å². The predicted octanol–water partition coefficient (Wildman–Crippen LogP) is 10.5. The quantitative estimate of drug-likeness (QED) is 0.135. The molecular formula is C45H30N2OSe. The van der Waals surface area contributed by atoms with Crippen LogP contribution in [0.2, 0.25) is 0 Å². The molecule has 10 rings (SSSR count). The zero-order valence-electron chi connectivity index (χ0n) is 26.6. The summed E-state index contributed by atoms with van der Waals surface area (Å²) in [6.45, 7) is 0. The van der Waals surface area contributed by atoms with Crippen molar-refractivity contribution in [3.8, 4) is 5.69 Å². The van der Waals surface area contributed by atoms with Crippen LogP contribution in [0.15, 0.2) is 163 Å². The van der Waals surface area contributed by atoms with Crippen molar-refractivity contribution < 1.29 is 0 Å². The van der Waals surface area contributed by atoms with Gasteiger partial charge in [0.25, 0.3) is 0 Å². The molecule has 0 fully saturated rings. The van der Waals surface area contributed by atoms with E-state index in [-0.39, 0.29) is 19.9 Å². The molecule has 1 aliphatic rings. The standard InChI is InChI=1S/C45H30N2OSe/c48-45-37-19-9-12-22-43(37)49-44-27-29-23-31-24-34(46(32-13-3-1-4-14-32)33-15-5-2-6-16-33)28-42(38(31)25-30(29)26-39(44)45)47-40-20-10-7-17-35(40)36-18-8-11-21-41(36)47/h1-22,24,26-28H,23,25H2. The van der Waals surface area contributed by atoms with Gasteiger partial charge in [0, 0.05) is 0 Å². The number of anilines is 3. The molecule has 0 bridgehead atoms. The minimum absolute atomic E-state index is 0.0997. The van der Waals surface area contributed by atoms with Gasteiger partial charge in [-0.15, -0.1) is 0 Å². The molecule has 2 aromatic heterocycles. The Morgan fingerprint density at radius 2 is 1.04 bits per heavy atom. The first kappa shape index (κ1) is 28.4. The summed E-state index contributed by atoms with van der Waals surface area (Å²) in [5.41, 5.74) is 12.3. The Morgan fingerprint density at radius 3 is 1.71 bits per heavy atom. The van der Waals surface area contributed by atoms with Crippen LogP contribution >= 0.6 is 0 Å². The monoisotopic (exact) mass is 694 g/mol. The SMILES string of the molecule is O=c1c2ccccc2[se]c2cc3c(cc12)Cc1c(cc(N(c2ccccc2)c2ccccc2)cc1-n1c2ccccc2c2ccccc21)C3. The van der Waals surface area contributed by atoms with Gasteiger partial charge in [0.15, 0.2) is 0 Å². The van der Waals surface area contributed by atoms with Gasteiger partial charge in [-0.05, 0) is 0 Å². The second-order valence-corrected chi connectivity index (χ2v) is 15.2. The van der Waals surface area contributed by atoms with E-state index in [9.17, 15) is 4.79 Å². The summed E-state index contributed by atoms with van der Waals surface area (Å²) >= 11 is 0.0997. The van der Waals surface area contributed by atoms with Crippen molar-refractivity contribution in [2.45, 2.75) is 12.8 Å². The fraction of sp³-hybridized carbons (Fsp3) is 0.0444. The summed E-state index contributed by atoms with van der Waals surface area (Å²) in [6, 6.07) is 56.3. The molecule has 232 valence electrons. The average Bonchev–Trinajstić information content (AvgIpc) is 3.48. The number of aromatic nitrogens is 1. The van der Waals surface area contributed by atoms with E-state index in [4.69, 9.17) is 0 Å². The van der Waals surface area contributed by atoms with E-state index in [0.29, 0.717) is 0 Å². The van der Waals surface area contributed by atoms with Crippen LogP contribution < -0.4 is 10.3 Å². The van der Waals surface area contributed by atoms with E-state index in [0.717, 1.165) is 40.7 Å². The molecule has 0 N–H and O–H groups in total. The zero-order valence-corrected chi connectivity index (χ0v) is 28.3. The Bertz CT molecular complexity index is 2700. The topological polar surface area (TPSA) is 25.2 Å². The molecule has 0 aliphatic heterocycles. The van der Waals surface area contributed by atoms with Crippen molar-refractivity contribution in [2.75, 3.05) is 4.90 Å². The van der Waals surface area contributed by atoms with E-state index < -0.39 is 0 Å². The number of hydrogen-bond acceptors (Lipinski definition) is 2. The summed E-state index contributed by atoms with van der Waals surface area (Å²) in [6.07, 6.45) is 1.59. The van der Waals surface area contributed by atoms with Crippen molar-refractivity contribution in [3.63, 3.8) is 0 Å². The first-order valence-electron chi connectivity index (χ1n) is 16.7. The molecule has 7 aromatic carbocycles. The van der Waals surface area contributed by atoms with E-state index in [1.165, 1.54) is 58.3 Å². The molecule has 0 spiro atoms. The summed E-state index contributed by atoms with van der Waals surface area (Å²) in [5, 5.41) is 4.24. The van der Waals surface area contributed by atoms with Crippen molar-refractivity contribution in [3.05, 3.63) is 190 Å². The van der Waals surface area contributed by atoms with Gasteiger partial charge in [-0.25, -0.2) is 0 Å². The molecule has 0 unspecified atom stereocenters. The Kier molecular flexibility index (Phi) is 6.48. The number of benzene rings is 7. The zero-order chi connectivity index (χ0) is 32.5. The van der Waals surface area contributed by atoms with Gasteiger partial charge in [0.05, 0.1) is 0 Å². The van der Waals surface area contributed by atoms with Crippen molar-refractivity contribution in [2.24, 2.45) is 0 Å². The Balaban J connectivity index is 1.26. The van der Waals surface area contributed by atoms with Crippen LogP contribution in [-0.2, 0) is 12.8 Å². The van der Waals surface area contributed by atoms with Gasteiger partial charge in [0.1, 0.15) is 0 Å². The van der Waals surface area contributed by atoms with Crippen LogP contribution in [0.25, 0.3) is 46.8 Å². The molecule has 4 heteroatoms. The van der Waals surface area contributed by atoms with Gasteiger partial charge >= 0.3 is 291 Å². The maximum absolute atomic E-state index is 13.8. The molecule has 9 aromatic rings. The Morgan fingerprint density at radius 1 is 0.469 bits per heavy atom. The van der Waals surface area contributed by atoms with E-state index in [1.54, 1.807) is 0 Å². The average molecular weight is 694 g/mol. The Hall–Kier alpha value is -5.67. The molecule has 0 atom stereocenters. The fourth-order valence-electron chi connectivity index (χ4n) is 7.83. The van der Waals surface area contributed by atoms with Crippen molar-refractivity contribution >= 4 is 72.7 Å². The van der Waals surface area contributed by atoms with Crippen LogP contribution in [0.1, 0.15) is 22.3 Å². The molecule has 2 heterocycles. The van der Waals surface area contributed by atoms with Gasteiger partial charge < -0.3 is 0 Å². The van der Waals surface area contributed by atoms with Crippen LogP contribution in [0.5, 0.6) is 0 Å². The summed E-state index contributed by atoms with van der Waals surface area (Å²) < 4.78 is 4.85. The fourth-order valence-corrected chi connectivity index (χ4v) is 10.2. The number of rotatable bonds is 4. The Labute approximate surface area is 289 Å². The summed E-state index contributed by atoms with van der Waals surface area (Å²) in [4.78, 5) is 16.1. The molecule has 0 saturated carbocycles. The van der Waals surface area contributed by atoms with E-state index >= 15 is 0 Å². The second-order valence-electron chi connectivity index (χ2n) is 12.9. The van der Waals surface area contributed by atoms with Gasteiger partial charge in [-0.1, -0.05) is 0 Å². The molecule has 49 heavy (non-hydrogen) atoms. The third-order valence-corrected chi connectivity index (χ3v) is 12.4. The summed E-state index contributed by atoms with van der Waals surface area (Å²) in [5.74, 6) is 0. The van der Waals surface area contributed by atoms with Crippen LogP contribution in [0.3, 0.4) is 0 Å². The normalized spacial score (nSPS) is 12.4. The molecule has 1 aliphatic carbocycles. The predicted molar refractivity (Wildman–Crippen MR) is 206 cm³/mol. The van der Waals surface area contributed by atoms with E-state index in [2.05, 4.69) is 155 Å². The molecular weight excluding hydrogens is 663 g/mol. The first-order chi connectivity index (χ1) is 24.2. The second kappa shape index (κ2) is 11.2. The number of nitrogens with zero attached hydrogens (tertiary/aromatic N) is 2. The maximum atomic E-state index is 13.8. The number of fused-ring (bicyclic) bond motifs is 7.